The minimum atomic E-state index is -4.42. The van der Waals surface area contributed by atoms with Gasteiger partial charge < -0.3 is 19.1 Å². The Hall–Kier alpha value is -2.62. The second-order valence-corrected chi connectivity index (χ2v) is 12.8. The number of nitrogens with one attached hydrogen (secondary N) is 2. The Morgan fingerprint density at radius 3 is 2.63 bits per heavy atom. The Kier molecular flexibility index (Phi) is 9.41. The highest BCUT2D eigenvalue weighted by atomic mass is 127. The molecule has 2 aromatic carbocycles. The number of hydrogen-bond acceptors (Lipinski definition) is 9. The maximum absolute atomic E-state index is 15.7. The fourth-order valence-electron chi connectivity index (χ4n) is 4.28. The third-order valence-corrected chi connectivity index (χ3v) is 8.73. The van der Waals surface area contributed by atoms with Crippen LogP contribution in [0.4, 0.5) is 4.39 Å². The molecule has 1 fully saturated rings. The summed E-state index contributed by atoms with van der Waals surface area (Å²) in [6.45, 7) is 5.10. The lowest BCUT2D eigenvalue weighted by atomic mass is 9.98. The molecule has 0 amide bonds. The summed E-state index contributed by atoms with van der Waals surface area (Å²) < 4.78 is 53.0. The molecule has 0 saturated carbocycles. The predicted octanol–water partition coefficient (Wildman–Crippen LogP) is 3.41. The van der Waals surface area contributed by atoms with E-state index in [1.54, 1.807) is 60.7 Å². The smallest absolute Gasteiger partial charge is 0.459 e. The van der Waals surface area contributed by atoms with Crippen LogP contribution in [-0.4, -0.2) is 57.3 Å². The molecule has 3 aromatic rings. The Labute approximate surface area is 247 Å². The number of fused-ring (bicyclic) bond motifs is 1. The first-order valence-electron chi connectivity index (χ1n) is 12.7. The molecule has 0 spiro atoms. The van der Waals surface area contributed by atoms with Crippen molar-refractivity contribution in [2.75, 3.05) is 6.61 Å². The molecule has 4 rings (SSSR count). The summed E-state index contributed by atoms with van der Waals surface area (Å²) >= 11 is 1.67. The van der Waals surface area contributed by atoms with E-state index in [1.807, 2.05) is 18.2 Å². The Balaban J connectivity index is 1.61. The number of carbonyl (C=O) groups is 1. The van der Waals surface area contributed by atoms with E-state index in [0.29, 0.717) is 5.39 Å². The molecule has 1 aromatic heterocycles. The van der Waals surface area contributed by atoms with Crippen LogP contribution in [0.25, 0.3) is 10.8 Å². The third kappa shape index (κ3) is 6.89. The van der Waals surface area contributed by atoms with E-state index < -0.39 is 67.8 Å². The first-order chi connectivity index (χ1) is 19.2. The van der Waals surface area contributed by atoms with Crippen LogP contribution in [0.2, 0.25) is 0 Å². The van der Waals surface area contributed by atoms with Gasteiger partial charge in [-0.1, -0.05) is 36.4 Å². The number of H-pyrrole nitrogens is 1. The molecule has 2 heterocycles. The molecule has 1 saturated heterocycles. The van der Waals surface area contributed by atoms with Gasteiger partial charge in [0.05, 0.1) is 16.3 Å². The van der Waals surface area contributed by atoms with Crippen LogP contribution in [0.5, 0.6) is 5.75 Å². The van der Waals surface area contributed by atoms with Crippen molar-refractivity contribution in [3.8, 4) is 5.75 Å². The van der Waals surface area contributed by atoms with Gasteiger partial charge in [-0.2, -0.15) is 5.09 Å². The van der Waals surface area contributed by atoms with Crippen molar-refractivity contribution >= 4 is 47.1 Å². The SMILES string of the molecule is CC(C)OC(=O)[C@@H](C)N[P@](=O)(OC[C@H]1O[C@@H](n2cc(I)c(=O)[nH]c2=O)[C@](C)(F)[C@@H]1O)Oc1cccc2ccccc12. The molecular formula is C26H30FIN3O9P. The lowest BCUT2D eigenvalue weighted by molar-refractivity contribution is -0.149. The number of aromatic nitrogens is 2. The fraction of sp³-hybridized carbons (Fsp3) is 0.423. The molecule has 0 bridgehead atoms. The Bertz CT molecular complexity index is 1590. The highest BCUT2D eigenvalue weighted by Crippen LogP contribution is 2.48. The number of ether oxygens (including phenoxy) is 2. The van der Waals surface area contributed by atoms with E-state index in [1.165, 1.54) is 6.92 Å². The number of aliphatic hydroxyl groups is 1. The average Bonchev–Trinajstić information content (AvgIpc) is 3.13. The van der Waals surface area contributed by atoms with Crippen molar-refractivity contribution < 1.29 is 37.4 Å². The van der Waals surface area contributed by atoms with Crippen LogP contribution in [0.3, 0.4) is 0 Å². The van der Waals surface area contributed by atoms with Gasteiger partial charge in [-0.3, -0.25) is 23.7 Å². The predicted molar refractivity (Wildman–Crippen MR) is 155 cm³/mol. The van der Waals surface area contributed by atoms with Gasteiger partial charge in [0.1, 0.15) is 24.0 Å². The first kappa shape index (κ1) is 31.3. The van der Waals surface area contributed by atoms with Crippen molar-refractivity contribution in [2.24, 2.45) is 0 Å². The number of esters is 1. The van der Waals surface area contributed by atoms with Gasteiger partial charge >= 0.3 is 19.4 Å². The largest absolute Gasteiger partial charge is 0.462 e. The van der Waals surface area contributed by atoms with E-state index in [2.05, 4.69) is 10.1 Å². The summed E-state index contributed by atoms with van der Waals surface area (Å²) in [7, 11) is -4.42. The van der Waals surface area contributed by atoms with Crippen molar-refractivity contribution in [3.63, 3.8) is 0 Å². The third-order valence-electron chi connectivity index (χ3n) is 6.33. The molecule has 1 aliphatic rings. The molecule has 15 heteroatoms. The summed E-state index contributed by atoms with van der Waals surface area (Å²) in [6, 6.07) is 11.1. The highest BCUT2D eigenvalue weighted by Gasteiger charge is 2.56. The van der Waals surface area contributed by atoms with Crippen LogP contribution >= 0.6 is 30.3 Å². The lowest BCUT2D eigenvalue weighted by Gasteiger charge is -2.26. The monoisotopic (exact) mass is 705 g/mol. The van der Waals surface area contributed by atoms with Crippen molar-refractivity contribution in [1.29, 1.82) is 0 Å². The van der Waals surface area contributed by atoms with Crippen molar-refractivity contribution in [2.45, 2.75) is 63.9 Å². The zero-order chi connectivity index (χ0) is 30.1. The van der Waals surface area contributed by atoms with E-state index in [-0.39, 0.29) is 9.32 Å². The molecule has 3 N–H and O–H groups in total. The number of rotatable bonds is 10. The molecule has 0 radical (unpaired) electrons. The second-order valence-electron chi connectivity index (χ2n) is 9.96. The van der Waals surface area contributed by atoms with Gasteiger partial charge in [0.15, 0.2) is 11.9 Å². The fourth-order valence-corrected chi connectivity index (χ4v) is 6.23. The van der Waals surface area contributed by atoms with Crippen molar-refractivity contribution in [1.82, 2.24) is 14.6 Å². The van der Waals surface area contributed by atoms with Gasteiger partial charge in [-0.15, -0.1) is 0 Å². The molecule has 0 aliphatic carbocycles. The number of alkyl halides is 1. The summed E-state index contributed by atoms with van der Waals surface area (Å²) in [5.74, 6) is -0.537. The summed E-state index contributed by atoms with van der Waals surface area (Å²) in [4.78, 5) is 38.7. The Morgan fingerprint density at radius 1 is 1.24 bits per heavy atom. The van der Waals surface area contributed by atoms with E-state index in [0.717, 1.165) is 23.1 Å². The molecule has 6 atom stereocenters. The standard InChI is InChI=1S/C26H30FIN3O9P/c1-14(2)38-23(34)15(3)30-41(36,40-19-11-7-9-16-8-5-6-10-17(16)19)37-13-20-21(32)26(4,27)24(39-20)31-12-18(28)22(33)29-25(31)35/h5-12,14-15,20-21,24,32H,13H2,1-4H3,(H,30,36)(H,29,33,35)/t15-,20-,21-,24-,26-,41+/m1/s1. The number of aliphatic hydroxyl groups excluding tert-OH is 1. The molecule has 41 heavy (non-hydrogen) atoms. The number of hydrogen-bond donors (Lipinski definition) is 3. The van der Waals surface area contributed by atoms with Crippen LogP contribution in [-0.2, 0) is 23.4 Å². The summed E-state index contributed by atoms with van der Waals surface area (Å²) in [5.41, 5.74) is -4.11. The zero-order valence-corrected chi connectivity index (χ0v) is 25.6. The Morgan fingerprint density at radius 2 is 1.93 bits per heavy atom. The summed E-state index contributed by atoms with van der Waals surface area (Å²) in [6.07, 6.45) is -4.23. The average molecular weight is 705 g/mol. The summed E-state index contributed by atoms with van der Waals surface area (Å²) in [5, 5.41) is 14.7. The number of nitrogens with zero attached hydrogens (tertiary/aromatic N) is 1. The quantitative estimate of drug-likeness (QED) is 0.162. The maximum atomic E-state index is 15.7. The maximum Gasteiger partial charge on any atom is 0.459 e. The zero-order valence-electron chi connectivity index (χ0n) is 22.6. The van der Waals surface area contributed by atoms with E-state index in [9.17, 15) is 24.1 Å². The molecule has 0 unspecified atom stereocenters. The normalized spacial score (nSPS) is 24.7. The van der Waals surface area contributed by atoms with Crippen molar-refractivity contribution in [3.05, 3.63) is 73.1 Å². The molecule has 12 nitrogen and oxygen atoms in total. The lowest BCUT2D eigenvalue weighted by Crippen LogP contribution is -2.44. The first-order valence-corrected chi connectivity index (χ1v) is 15.3. The number of carbonyl (C=O) groups excluding carboxylic acids is 1. The molecule has 1 aliphatic heterocycles. The molecular weight excluding hydrogens is 675 g/mol. The molecule has 222 valence electrons. The number of benzene rings is 2. The van der Waals surface area contributed by atoms with E-state index >= 15 is 4.39 Å². The van der Waals surface area contributed by atoms with Gasteiger partial charge in [-0.25, -0.2) is 13.8 Å². The van der Waals surface area contributed by atoms with Crippen LogP contribution in [0.15, 0.2) is 58.3 Å². The van der Waals surface area contributed by atoms with E-state index in [4.69, 9.17) is 18.5 Å². The van der Waals surface area contributed by atoms with Crippen LogP contribution < -0.4 is 20.9 Å². The van der Waals surface area contributed by atoms with Gasteiger partial charge in [-0.05, 0) is 61.7 Å². The minimum Gasteiger partial charge on any atom is -0.462 e. The van der Waals surface area contributed by atoms with Gasteiger partial charge in [0.2, 0.25) is 0 Å². The van der Waals surface area contributed by atoms with Crippen LogP contribution in [0, 0.1) is 3.57 Å². The number of aromatic amines is 1. The van der Waals surface area contributed by atoms with Gasteiger partial charge in [0.25, 0.3) is 5.56 Å². The minimum absolute atomic E-state index is 0.0928. The highest BCUT2D eigenvalue weighted by molar-refractivity contribution is 14.1. The second kappa shape index (κ2) is 12.3. The number of halogens is 2. The topological polar surface area (TPSA) is 158 Å². The van der Waals surface area contributed by atoms with Crippen LogP contribution in [0.1, 0.15) is 33.9 Å². The van der Waals surface area contributed by atoms with Gasteiger partial charge in [0, 0.05) is 11.6 Å².